The molecule has 10 aromatic carbocycles. The van der Waals surface area contributed by atoms with Gasteiger partial charge in [0.2, 0.25) is 0 Å². The molecule has 0 spiro atoms. The molecule has 0 unspecified atom stereocenters. The Morgan fingerprint density at radius 1 is 0.250 bits per heavy atom. The second kappa shape index (κ2) is 13.1. The molecule has 0 aliphatic heterocycles. The van der Waals surface area contributed by atoms with Crippen molar-refractivity contribution >= 4 is 43.1 Å². The topological polar surface area (TPSA) is 71.4 Å². The van der Waals surface area contributed by atoms with Crippen LogP contribution in [0, 0.1) is 34.0 Å². The van der Waals surface area contributed by atoms with E-state index in [-0.39, 0.29) is 0 Å². The summed E-state index contributed by atoms with van der Waals surface area (Å²) in [6.07, 6.45) is 0. The normalized spacial score (nSPS) is 11.2. The second-order valence-electron chi connectivity index (χ2n) is 14.2. The Labute approximate surface area is 324 Å². The molecule has 0 atom stereocenters. The van der Waals surface area contributed by atoms with E-state index in [9.17, 15) is 15.8 Å². The molecule has 10 rings (SSSR count). The van der Waals surface area contributed by atoms with Crippen LogP contribution < -0.4 is 0 Å². The van der Waals surface area contributed by atoms with Crippen LogP contribution in [0.5, 0.6) is 0 Å². The maximum atomic E-state index is 9.67. The van der Waals surface area contributed by atoms with Crippen LogP contribution in [0.4, 0.5) is 0 Å². The van der Waals surface area contributed by atoms with Crippen LogP contribution in [-0.2, 0) is 0 Å². The number of hydrogen-bond acceptors (Lipinski definition) is 3. The number of hydrogen-bond donors (Lipinski definition) is 0. The molecule has 0 fully saturated rings. The fraction of sp³-hybridized carbons (Fsp3) is 0. The zero-order valence-electron chi connectivity index (χ0n) is 30.1. The first kappa shape index (κ1) is 32.6. The zero-order chi connectivity index (χ0) is 37.8. The van der Waals surface area contributed by atoms with Crippen molar-refractivity contribution in [3.8, 4) is 73.8 Å². The van der Waals surface area contributed by atoms with E-state index in [2.05, 4.69) is 133 Å². The average Bonchev–Trinajstić information content (AvgIpc) is 3.28. The van der Waals surface area contributed by atoms with Gasteiger partial charge < -0.3 is 0 Å². The number of benzene rings is 10. The molecule has 0 amide bonds. The van der Waals surface area contributed by atoms with E-state index in [0.29, 0.717) is 16.7 Å². The van der Waals surface area contributed by atoms with E-state index in [4.69, 9.17) is 0 Å². The standard InChI is InChI=1S/C53H29N3/c54-30-33-10-16-37(17-11-33)48-28-49(38-18-12-34(31-55)13-19-38)45-26-27-47-51(43-23-22-40(36-6-2-1-3-7-36)41-8-4-5-9-42(41)43)29-50(39-20-14-35(32-56)15-21-39)46-25-24-44(48)52(45)53(46)47/h1-29H. The van der Waals surface area contributed by atoms with Gasteiger partial charge in [-0.1, -0.05) is 127 Å². The van der Waals surface area contributed by atoms with Crippen LogP contribution in [-0.4, -0.2) is 0 Å². The van der Waals surface area contributed by atoms with E-state index in [0.717, 1.165) is 71.4 Å². The minimum Gasteiger partial charge on any atom is -0.192 e. The minimum atomic E-state index is 0.612. The molecular formula is C53H29N3. The smallest absolute Gasteiger partial charge is 0.0991 e. The molecule has 56 heavy (non-hydrogen) atoms. The molecule has 0 aliphatic rings. The van der Waals surface area contributed by atoms with Gasteiger partial charge in [0, 0.05) is 0 Å². The van der Waals surface area contributed by atoms with Gasteiger partial charge in [-0.3, -0.25) is 0 Å². The summed E-state index contributed by atoms with van der Waals surface area (Å²) >= 11 is 0. The predicted octanol–water partition coefficient (Wildman–Crippen LogP) is 13.7. The molecule has 0 heterocycles. The van der Waals surface area contributed by atoms with Crippen molar-refractivity contribution < 1.29 is 0 Å². The number of fused-ring (bicyclic) bond motifs is 1. The SMILES string of the molecule is N#Cc1ccc(-c2cc(-c3ccc(C#N)cc3)c3ccc4c(-c5ccc(-c6ccccc6)c6ccccc56)cc(-c5ccc(C#N)cc5)c5ccc2c3c54)cc1. The van der Waals surface area contributed by atoms with Gasteiger partial charge in [-0.15, -0.1) is 0 Å². The Morgan fingerprint density at radius 2 is 0.589 bits per heavy atom. The number of nitrogens with zero attached hydrogens (tertiary/aromatic N) is 3. The Bertz CT molecular complexity index is 3210. The van der Waals surface area contributed by atoms with Crippen LogP contribution in [0.1, 0.15) is 16.7 Å². The molecule has 3 heteroatoms. The first-order valence-electron chi connectivity index (χ1n) is 18.5. The van der Waals surface area contributed by atoms with Crippen molar-refractivity contribution in [1.29, 1.82) is 15.8 Å². The van der Waals surface area contributed by atoms with Crippen LogP contribution in [0.2, 0.25) is 0 Å². The highest BCUT2D eigenvalue weighted by Gasteiger charge is 2.22. The highest BCUT2D eigenvalue weighted by Crippen LogP contribution is 2.49. The Kier molecular flexibility index (Phi) is 7.64. The third kappa shape index (κ3) is 5.18. The van der Waals surface area contributed by atoms with E-state index >= 15 is 0 Å². The van der Waals surface area contributed by atoms with Crippen molar-refractivity contribution in [1.82, 2.24) is 0 Å². The van der Waals surface area contributed by atoms with Gasteiger partial charge in [-0.25, -0.2) is 0 Å². The lowest BCUT2D eigenvalue weighted by Crippen LogP contribution is -1.95. The first-order valence-corrected chi connectivity index (χ1v) is 18.5. The molecule has 10 aromatic rings. The molecule has 0 saturated heterocycles. The van der Waals surface area contributed by atoms with Gasteiger partial charge in [-0.2, -0.15) is 15.8 Å². The van der Waals surface area contributed by atoms with E-state index in [1.54, 1.807) is 0 Å². The fourth-order valence-electron chi connectivity index (χ4n) is 8.51. The van der Waals surface area contributed by atoms with E-state index < -0.39 is 0 Å². The minimum absolute atomic E-state index is 0.612. The van der Waals surface area contributed by atoms with Crippen LogP contribution in [0.15, 0.2) is 176 Å². The Morgan fingerprint density at radius 3 is 1.02 bits per heavy atom. The van der Waals surface area contributed by atoms with Gasteiger partial charge in [0.1, 0.15) is 0 Å². The number of rotatable bonds is 5. The second-order valence-corrected chi connectivity index (χ2v) is 14.2. The van der Waals surface area contributed by atoms with Crippen LogP contribution in [0.3, 0.4) is 0 Å². The van der Waals surface area contributed by atoms with Gasteiger partial charge in [0.25, 0.3) is 0 Å². The van der Waals surface area contributed by atoms with E-state index in [1.807, 2.05) is 60.7 Å². The van der Waals surface area contributed by atoms with Crippen LogP contribution >= 0.6 is 0 Å². The van der Waals surface area contributed by atoms with E-state index in [1.165, 1.54) is 27.3 Å². The molecule has 256 valence electrons. The van der Waals surface area contributed by atoms with Gasteiger partial charge in [0.15, 0.2) is 0 Å². The zero-order valence-corrected chi connectivity index (χ0v) is 30.1. The van der Waals surface area contributed by atoms with Crippen molar-refractivity contribution in [3.63, 3.8) is 0 Å². The predicted molar refractivity (Wildman–Crippen MR) is 229 cm³/mol. The maximum Gasteiger partial charge on any atom is 0.0991 e. The molecule has 0 aliphatic carbocycles. The molecule has 0 saturated carbocycles. The summed E-state index contributed by atoms with van der Waals surface area (Å²) < 4.78 is 0. The summed E-state index contributed by atoms with van der Waals surface area (Å²) in [5.74, 6) is 0. The third-order valence-corrected chi connectivity index (χ3v) is 11.2. The molecule has 0 N–H and O–H groups in total. The quantitative estimate of drug-likeness (QED) is 0.167. The summed E-state index contributed by atoms with van der Waals surface area (Å²) in [4.78, 5) is 0. The fourth-order valence-corrected chi connectivity index (χ4v) is 8.51. The van der Waals surface area contributed by atoms with Gasteiger partial charge in [0.05, 0.1) is 34.9 Å². The summed E-state index contributed by atoms with van der Waals surface area (Å²) in [6.45, 7) is 0. The summed E-state index contributed by atoms with van der Waals surface area (Å²) in [7, 11) is 0. The van der Waals surface area contributed by atoms with Crippen molar-refractivity contribution in [2.24, 2.45) is 0 Å². The summed E-state index contributed by atoms with van der Waals surface area (Å²) in [6, 6.07) is 67.6. The van der Waals surface area contributed by atoms with Crippen molar-refractivity contribution in [2.75, 3.05) is 0 Å². The van der Waals surface area contributed by atoms with Crippen LogP contribution in [0.25, 0.3) is 98.7 Å². The highest BCUT2D eigenvalue weighted by atomic mass is 14.3. The Hall–Kier alpha value is -8.03. The summed E-state index contributed by atoms with van der Waals surface area (Å²) in [5.41, 5.74) is 12.8. The lowest BCUT2D eigenvalue weighted by atomic mass is 9.81. The lowest BCUT2D eigenvalue weighted by molar-refractivity contribution is 1.48. The maximum absolute atomic E-state index is 9.67. The summed E-state index contributed by atoms with van der Waals surface area (Å²) in [5, 5.41) is 38.1. The highest BCUT2D eigenvalue weighted by molar-refractivity contribution is 6.32. The molecule has 3 nitrogen and oxygen atoms in total. The van der Waals surface area contributed by atoms with Gasteiger partial charge >= 0.3 is 0 Å². The lowest BCUT2D eigenvalue weighted by Gasteiger charge is -2.22. The largest absolute Gasteiger partial charge is 0.192 e. The molecule has 0 radical (unpaired) electrons. The number of nitriles is 3. The third-order valence-electron chi connectivity index (χ3n) is 11.2. The van der Waals surface area contributed by atoms with Crippen molar-refractivity contribution in [3.05, 3.63) is 193 Å². The molecular weight excluding hydrogens is 679 g/mol. The Balaban J connectivity index is 1.35. The molecule has 0 bridgehead atoms. The first-order chi connectivity index (χ1) is 27.6. The van der Waals surface area contributed by atoms with Gasteiger partial charge in [-0.05, 0) is 147 Å². The van der Waals surface area contributed by atoms with Crippen molar-refractivity contribution in [2.45, 2.75) is 0 Å². The average molecular weight is 708 g/mol. The molecule has 0 aromatic heterocycles. The monoisotopic (exact) mass is 707 g/mol.